The number of carbonyl (C=O) groups excluding carboxylic acids is 1. The molecule has 1 saturated heterocycles. The second kappa shape index (κ2) is 5.04. The van der Waals surface area contributed by atoms with Crippen molar-refractivity contribution in [3.05, 3.63) is 0 Å². The van der Waals surface area contributed by atoms with Crippen LogP contribution < -0.4 is 11.1 Å². The molecule has 1 heterocycles. The molecular formula is C8H18N4O. The van der Waals surface area contributed by atoms with Crippen LogP contribution in [0.3, 0.4) is 0 Å². The van der Waals surface area contributed by atoms with Crippen LogP contribution in [0, 0.1) is 0 Å². The SMILES string of the molecule is CNCCN1CCN(C(N)=O)CC1. The third-order valence-electron chi connectivity index (χ3n) is 2.36. The van der Waals surface area contributed by atoms with Gasteiger partial charge in [-0.3, -0.25) is 4.90 Å². The number of carbonyl (C=O) groups is 1. The Hall–Kier alpha value is -0.810. The normalized spacial score (nSPS) is 19.0. The van der Waals surface area contributed by atoms with Crippen molar-refractivity contribution in [1.29, 1.82) is 0 Å². The lowest BCUT2D eigenvalue weighted by Gasteiger charge is -2.33. The molecule has 0 aromatic carbocycles. The summed E-state index contributed by atoms with van der Waals surface area (Å²) in [5.74, 6) is 0. The van der Waals surface area contributed by atoms with Gasteiger partial charge in [0.2, 0.25) is 0 Å². The van der Waals surface area contributed by atoms with Crippen molar-refractivity contribution in [2.45, 2.75) is 0 Å². The second-order valence-electron chi connectivity index (χ2n) is 3.27. The number of nitrogens with two attached hydrogens (primary N) is 1. The van der Waals surface area contributed by atoms with Gasteiger partial charge in [-0.2, -0.15) is 0 Å². The summed E-state index contributed by atoms with van der Waals surface area (Å²) in [6.45, 7) is 5.44. The predicted octanol–water partition coefficient (Wildman–Crippen LogP) is -1.10. The summed E-state index contributed by atoms with van der Waals surface area (Å²) in [7, 11) is 1.94. The number of piperazine rings is 1. The van der Waals surface area contributed by atoms with E-state index in [1.165, 1.54) is 0 Å². The third-order valence-corrected chi connectivity index (χ3v) is 2.36. The van der Waals surface area contributed by atoms with Crippen LogP contribution in [0.5, 0.6) is 0 Å². The zero-order chi connectivity index (χ0) is 9.68. The highest BCUT2D eigenvalue weighted by Crippen LogP contribution is 1.99. The molecule has 5 nitrogen and oxygen atoms in total. The molecule has 1 aliphatic heterocycles. The number of hydrogen-bond donors (Lipinski definition) is 2. The highest BCUT2D eigenvalue weighted by Gasteiger charge is 2.17. The van der Waals surface area contributed by atoms with E-state index < -0.39 is 0 Å². The maximum Gasteiger partial charge on any atom is 0.314 e. The van der Waals surface area contributed by atoms with Gasteiger partial charge in [-0.05, 0) is 7.05 Å². The molecule has 0 aliphatic carbocycles. The van der Waals surface area contributed by atoms with Crippen molar-refractivity contribution < 1.29 is 4.79 Å². The lowest BCUT2D eigenvalue weighted by molar-refractivity contribution is 0.146. The molecule has 0 aromatic rings. The first kappa shape index (κ1) is 10.3. The molecule has 1 aliphatic rings. The lowest BCUT2D eigenvalue weighted by atomic mass is 10.3. The first-order chi connectivity index (χ1) is 6.24. The zero-order valence-electron chi connectivity index (χ0n) is 8.12. The van der Waals surface area contributed by atoms with E-state index in [9.17, 15) is 4.79 Å². The Kier molecular flexibility index (Phi) is 3.98. The highest BCUT2D eigenvalue weighted by molar-refractivity contribution is 5.72. The van der Waals surface area contributed by atoms with Gasteiger partial charge >= 0.3 is 6.03 Å². The first-order valence-corrected chi connectivity index (χ1v) is 4.65. The van der Waals surface area contributed by atoms with Gasteiger partial charge in [0, 0.05) is 39.3 Å². The third kappa shape index (κ3) is 3.20. The van der Waals surface area contributed by atoms with E-state index in [1.807, 2.05) is 7.05 Å². The van der Waals surface area contributed by atoms with E-state index in [1.54, 1.807) is 4.90 Å². The number of hydrogen-bond acceptors (Lipinski definition) is 3. The molecule has 13 heavy (non-hydrogen) atoms. The van der Waals surface area contributed by atoms with Crippen molar-refractivity contribution in [2.24, 2.45) is 5.73 Å². The molecule has 5 heteroatoms. The van der Waals surface area contributed by atoms with E-state index in [4.69, 9.17) is 5.73 Å². The molecule has 0 atom stereocenters. The molecule has 0 bridgehead atoms. The van der Waals surface area contributed by atoms with E-state index in [0.29, 0.717) is 0 Å². The van der Waals surface area contributed by atoms with Crippen molar-refractivity contribution in [1.82, 2.24) is 15.1 Å². The summed E-state index contributed by atoms with van der Waals surface area (Å²) in [5, 5.41) is 3.10. The van der Waals surface area contributed by atoms with Gasteiger partial charge < -0.3 is 16.0 Å². The Bertz CT molecular complexity index is 166. The number of urea groups is 1. The summed E-state index contributed by atoms with van der Waals surface area (Å²) in [6.07, 6.45) is 0. The molecule has 76 valence electrons. The number of nitrogens with one attached hydrogen (secondary N) is 1. The minimum Gasteiger partial charge on any atom is -0.351 e. The summed E-state index contributed by atoms with van der Waals surface area (Å²) in [5.41, 5.74) is 5.17. The molecule has 0 unspecified atom stereocenters. The van der Waals surface area contributed by atoms with Crippen molar-refractivity contribution in [3.63, 3.8) is 0 Å². The van der Waals surface area contributed by atoms with Crippen LogP contribution in [0.25, 0.3) is 0 Å². The Balaban J connectivity index is 2.18. The number of primary amides is 1. The molecule has 0 spiro atoms. The van der Waals surface area contributed by atoms with Gasteiger partial charge in [-0.25, -0.2) is 4.79 Å². The Morgan fingerprint density at radius 3 is 2.46 bits per heavy atom. The predicted molar refractivity (Wildman–Crippen MR) is 51.5 cm³/mol. The lowest BCUT2D eigenvalue weighted by Crippen LogP contribution is -2.51. The number of nitrogens with zero attached hydrogens (tertiary/aromatic N) is 2. The molecule has 0 saturated carbocycles. The van der Waals surface area contributed by atoms with Crippen LogP contribution in [-0.4, -0.2) is 62.1 Å². The fourth-order valence-corrected chi connectivity index (χ4v) is 1.46. The summed E-state index contributed by atoms with van der Waals surface area (Å²) in [4.78, 5) is 14.8. The molecule has 3 N–H and O–H groups in total. The average Bonchev–Trinajstić information content (AvgIpc) is 2.15. The quantitative estimate of drug-likeness (QED) is 0.588. The van der Waals surface area contributed by atoms with E-state index in [0.717, 1.165) is 39.3 Å². The molecular weight excluding hydrogens is 168 g/mol. The number of amides is 2. The van der Waals surface area contributed by atoms with Gasteiger partial charge in [-0.15, -0.1) is 0 Å². The fraction of sp³-hybridized carbons (Fsp3) is 0.875. The number of rotatable bonds is 3. The Morgan fingerprint density at radius 1 is 1.38 bits per heavy atom. The molecule has 0 aromatic heterocycles. The largest absolute Gasteiger partial charge is 0.351 e. The first-order valence-electron chi connectivity index (χ1n) is 4.65. The Morgan fingerprint density at radius 2 is 2.00 bits per heavy atom. The average molecular weight is 186 g/mol. The smallest absolute Gasteiger partial charge is 0.314 e. The van der Waals surface area contributed by atoms with Crippen LogP contribution in [-0.2, 0) is 0 Å². The standard InChI is InChI=1S/C8H18N4O/c1-10-2-3-11-4-6-12(7-5-11)8(9)13/h10H,2-7H2,1H3,(H2,9,13). The van der Waals surface area contributed by atoms with Crippen molar-refractivity contribution in [3.8, 4) is 0 Å². The van der Waals surface area contributed by atoms with E-state index in [-0.39, 0.29) is 6.03 Å². The van der Waals surface area contributed by atoms with Crippen molar-refractivity contribution in [2.75, 3.05) is 46.3 Å². The van der Waals surface area contributed by atoms with E-state index >= 15 is 0 Å². The van der Waals surface area contributed by atoms with Crippen LogP contribution in [0.15, 0.2) is 0 Å². The maximum atomic E-state index is 10.8. The second-order valence-corrected chi connectivity index (χ2v) is 3.27. The molecule has 1 rings (SSSR count). The maximum absolute atomic E-state index is 10.8. The van der Waals surface area contributed by atoms with Crippen LogP contribution >= 0.6 is 0 Å². The minimum atomic E-state index is -0.298. The topological polar surface area (TPSA) is 61.6 Å². The molecule has 2 amide bonds. The minimum absolute atomic E-state index is 0.298. The van der Waals surface area contributed by atoms with Crippen LogP contribution in [0.4, 0.5) is 4.79 Å². The van der Waals surface area contributed by atoms with Gasteiger partial charge in [0.15, 0.2) is 0 Å². The summed E-state index contributed by atoms with van der Waals surface area (Å²) in [6, 6.07) is -0.298. The molecule has 0 radical (unpaired) electrons. The monoisotopic (exact) mass is 186 g/mol. The van der Waals surface area contributed by atoms with Gasteiger partial charge in [0.05, 0.1) is 0 Å². The fourth-order valence-electron chi connectivity index (χ4n) is 1.46. The molecule has 1 fully saturated rings. The summed E-state index contributed by atoms with van der Waals surface area (Å²) >= 11 is 0. The van der Waals surface area contributed by atoms with Gasteiger partial charge in [-0.1, -0.05) is 0 Å². The van der Waals surface area contributed by atoms with Crippen LogP contribution in [0.1, 0.15) is 0 Å². The van der Waals surface area contributed by atoms with Gasteiger partial charge in [0.1, 0.15) is 0 Å². The number of likely N-dealkylation sites (N-methyl/N-ethyl adjacent to an activating group) is 1. The van der Waals surface area contributed by atoms with Crippen LogP contribution in [0.2, 0.25) is 0 Å². The Labute approximate surface area is 78.9 Å². The summed E-state index contributed by atoms with van der Waals surface area (Å²) < 4.78 is 0. The van der Waals surface area contributed by atoms with Crippen molar-refractivity contribution >= 4 is 6.03 Å². The van der Waals surface area contributed by atoms with E-state index in [2.05, 4.69) is 10.2 Å². The van der Waals surface area contributed by atoms with Gasteiger partial charge in [0.25, 0.3) is 0 Å². The zero-order valence-corrected chi connectivity index (χ0v) is 8.12. The highest BCUT2D eigenvalue weighted by atomic mass is 16.2.